The van der Waals surface area contributed by atoms with E-state index in [4.69, 9.17) is 15.5 Å². The third kappa shape index (κ3) is 3.95. The number of guanidine groups is 1. The molecule has 21 heavy (non-hydrogen) atoms. The second-order valence-corrected chi connectivity index (χ2v) is 6.80. The minimum Gasteiger partial charge on any atom is -0.378 e. The van der Waals surface area contributed by atoms with Gasteiger partial charge in [-0.1, -0.05) is 0 Å². The van der Waals surface area contributed by atoms with Gasteiger partial charge in [-0.25, -0.2) is 4.98 Å². The Kier molecular flexibility index (Phi) is 5.08. The number of aromatic nitrogens is 1. The number of rotatable bonds is 4. The van der Waals surface area contributed by atoms with Crippen LogP contribution in [0, 0.1) is 0 Å². The van der Waals surface area contributed by atoms with Gasteiger partial charge in [0, 0.05) is 30.9 Å². The monoisotopic (exact) mass is 308 g/mol. The molecule has 0 saturated carbocycles. The lowest BCUT2D eigenvalue weighted by Gasteiger charge is -2.27. The molecule has 2 N–H and O–H groups in total. The van der Waals surface area contributed by atoms with E-state index in [0.717, 1.165) is 45.7 Å². The zero-order chi connectivity index (χ0) is 14.5. The highest BCUT2D eigenvalue weighted by Crippen LogP contribution is 2.27. The third-order valence-corrected chi connectivity index (χ3v) is 5.26. The van der Waals surface area contributed by atoms with Gasteiger partial charge in [-0.15, -0.1) is 11.3 Å². The van der Waals surface area contributed by atoms with Crippen LogP contribution in [-0.4, -0.2) is 48.7 Å². The van der Waals surface area contributed by atoms with Crippen molar-refractivity contribution in [1.82, 2.24) is 9.88 Å². The lowest BCUT2D eigenvalue weighted by molar-refractivity contribution is 0.0674. The number of hydrogen-bond donors (Lipinski definition) is 1. The number of fused-ring (bicyclic) bond motifs is 1. The van der Waals surface area contributed by atoms with Crippen LogP contribution in [0.1, 0.15) is 34.8 Å². The van der Waals surface area contributed by atoms with E-state index < -0.39 is 0 Å². The van der Waals surface area contributed by atoms with Gasteiger partial charge in [0.25, 0.3) is 0 Å². The molecule has 2 heterocycles. The SMILES string of the molecule is NC(=NCCCc1nc2c(s1)CCCC2)N1CCOCC1. The van der Waals surface area contributed by atoms with E-state index in [1.54, 1.807) is 0 Å². The van der Waals surface area contributed by atoms with Gasteiger partial charge < -0.3 is 15.4 Å². The normalized spacial score (nSPS) is 19.6. The molecule has 0 aromatic carbocycles. The van der Waals surface area contributed by atoms with Gasteiger partial charge in [-0.2, -0.15) is 0 Å². The number of thiazole rings is 1. The van der Waals surface area contributed by atoms with E-state index in [2.05, 4.69) is 9.89 Å². The molecule has 0 spiro atoms. The van der Waals surface area contributed by atoms with Crippen LogP contribution in [0.5, 0.6) is 0 Å². The Balaban J connectivity index is 1.44. The fourth-order valence-corrected chi connectivity index (χ4v) is 4.03. The molecule has 1 aromatic heterocycles. The van der Waals surface area contributed by atoms with Crippen molar-refractivity contribution < 1.29 is 4.74 Å². The van der Waals surface area contributed by atoms with Crippen molar-refractivity contribution in [3.8, 4) is 0 Å². The number of nitrogens with two attached hydrogens (primary N) is 1. The average Bonchev–Trinajstić information content (AvgIpc) is 2.95. The Bertz CT molecular complexity index is 470. The van der Waals surface area contributed by atoms with Crippen LogP contribution in [0.25, 0.3) is 0 Å². The van der Waals surface area contributed by atoms with E-state index in [-0.39, 0.29) is 0 Å². The van der Waals surface area contributed by atoms with Crippen molar-refractivity contribution in [3.05, 3.63) is 15.6 Å². The van der Waals surface area contributed by atoms with E-state index in [1.165, 1.54) is 41.3 Å². The van der Waals surface area contributed by atoms with Crippen molar-refractivity contribution in [3.63, 3.8) is 0 Å². The maximum Gasteiger partial charge on any atom is 0.191 e. The maximum atomic E-state index is 6.01. The first kappa shape index (κ1) is 14.8. The number of morpholine rings is 1. The zero-order valence-corrected chi connectivity index (χ0v) is 13.3. The van der Waals surface area contributed by atoms with Gasteiger partial charge in [0.1, 0.15) is 0 Å². The molecule has 1 fully saturated rings. The molecule has 1 saturated heterocycles. The fourth-order valence-electron chi connectivity index (χ4n) is 2.83. The molecule has 1 aliphatic heterocycles. The number of nitrogens with zero attached hydrogens (tertiary/aromatic N) is 3. The van der Waals surface area contributed by atoms with Crippen molar-refractivity contribution >= 4 is 17.3 Å². The van der Waals surface area contributed by atoms with Gasteiger partial charge in [0.05, 0.1) is 23.9 Å². The first-order valence-electron chi connectivity index (χ1n) is 7.93. The standard InChI is InChI=1S/C15H24N4OS/c16-15(19-8-10-20-11-9-19)17-7-3-6-14-18-12-4-1-2-5-13(12)21-14/h1-11H2,(H2,16,17). The van der Waals surface area contributed by atoms with Gasteiger partial charge in [-0.05, 0) is 32.1 Å². The molecule has 0 radical (unpaired) electrons. The van der Waals surface area contributed by atoms with E-state index in [1.807, 2.05) is 11.3 Å². The number of aliphatic imine (C=N–C) groups is 1. The topological polar surface area (TPSA) is 63.7 Å². The molecule has 0 amide bonds. The van der Waals surface area contributed by atoms with Crippen LogP contribution >= 0.6 is 11.3 Å². The second-order valence-electron chi connectivity index (χ2n) is 5.63. The van der Waals surface area contributed by atoms with Crippen LogP contribution in [0.4, 0.5) is 0 Å². The summed E-state index contributed by atoms with van der Waals surface area (Å²) in [7, 11) is 0. The summed E-state index contributed by atoms with van der Waals surface area (Å²) in [6.07, 6.45) is 7.09. The van der Waals surface area contributed by atoms with Gasteiger partial charge in [-0.3, -0.25) is 4.99 Å². The largest absolute Gasteiger partial charge is 0.378 e. The van der Waals surface area contributed by atoms with Gasteiger partial charge in [0.15, 0.2) is 5.96 Å². The Labute approximate surface area is 130 Å². The summed E-state index contributed by atoms with van der Waals surface area (Å²) in [4.78, 5) is 12.9. The Hall–Kier alpha value is -1.14. The van der Waals surface area contributed by atoms with Gasteiger partial charge in [0.2, 0.25) is 0 Å². The molecule has 5 nitrogen and oxygen atoms in total. The zero-order valence-electron chi connectivity index (χ0n) is 12.5. The van der Waals surface area contributed by atoms with Crippen LogP contribution in [0.15, 0.2) is 4.99 Å². The summed E-state index contributed by atoms with van der Waals surface area (Å²) in [5.41, 5.74) is 7.37. The maximum absolute atomic E-state index is 6.01. The predicted molar refractivity (Wildman–Crippen MR) is 86.0 cm³/mol. The van der Waals surface area contributed by atoms with Crippen molar-refractivity contribution in [2.75, 3.05) is 32.8 Å². The second kappa shape index (κ2) is 7.22. The van der Waals surface area contributed by atoms with Crippen LogP contribution < -0.4 is 5.73 Å². The van der Waals surface area contributed by atoms with Crippen LogP contribution in [-0.2, 0) is 24.0 Å². The molecular formula is C15H24N4OS. The Morgan fingerprint density at radius 1 is 1.29 bits per heavy atom. The molecule has 2 aliphatic rings. The highest BCUT2D eigenvalue weighted by Gasteiger charge is 2.15. The first-order chi connectivity index (χ1) is 10.3. The van der Waals surface area contributed by atoms with Crippen LogP contribution in [0.2, 0.25) is 0 Å². The molecule has 1 aromatic rings. The predicted octanol–water partition coefficient (Wildman–Crippen LogP) is 1.60. The molecular weight excluding hydrogens is 284 g/mol. The number of ether oxygens (including phenoxy) is 1. The van der Waals surface area contributed by atoms with E-state index in [0.29, 0.717) is 5.96 Å². The quantitative estimate of drug-likeness (QED) is 0.521. The lowest BCUT2D eigenvalue weighted by atomic mass is 10.0. The highest BCUT2D eigenvalue weighted by molar-refractivity contribution is 7.11. The van der Waals surface area contributed by atoms with Gasteiger partial charge >= 0.3 is 0 Å². The minimum atomic E-state index is 0.664. The molecule has 0 bridgehead atoms. The summed E-state index contributed by atoms with van der Waals surface area (Å²) in [5, 5.41) is 1.28. The molecule has 1 aliphatic carbocycles. The first-order valence-corrected chi connectivity index (χ1v) is 8.74. The fraction of sp³-hybridized carbons (Fsp3) is 0.733. The number of aryl methyl sites for hydroxylation is 3. The van der Waals surface area contributed by atoms with Crippen molar-refractivity contribution in [2.24, 2.45) is 10.7 Å². The van der Waals surface area contributed by atoms with E-state index >= 15 is 0 Å². The summed E-state index contributed by atoms with van der Waals surface area (Å²) in [5.74, 6) is 0.664. The molecule has 116 valence electrons. The molecule has 0 atom stereocenters. The Morgan fingerprint density at radius 3 is 2.90 bits per heavy atom. The Morgan fingerprint density at radius 2 is 2.10 bits per heavy atom. The summed E-state index contributed by atoms with van der Waals surface area (Å²) in [6, 6.07) is 0. The van der Waals surface area contributed by atoms with E-state index in [9.17, 15) is 0 Å². The third-order valence-electron chi connectivity index (χ3n) is 4.05. The lowest BCUT2D eigenvalue weighted by Crippen LogP contribution is -2.44. The highest BCUT2D eigenvalue weighted by atomic mass is 32.1. The molecule has 3 rings (SSSR count). The molecule has 0 unspecified atom stereocenters. The summed E-state index contributed by atoms with van der Waals surface area (Å²) < 4.78 is 5.31. The van der Waals surface area contributed by atoms with Crippen molar-refractivity contribution in [1.29, 1.82) is 0 Å². The summed E-state index contributed by atoms with van der Waals surface area (Å²) >= 11 is 1.90. The summed E-state index contributed by atoms with van der Waals surface area (Å²) in [6.45, 7) is 4.00. The van der Waals surface area contributed by atoms with Crippen LogP contribution in [0.3, 0.4) is 0 Å². The molecule has 6 heteroatoms. The minimum absolute atomic E-state index is 0.664. The number of hydrogen-bond acceptors (Lipinski definition) is 4. The smallest absolute Gasteiger partial charge is 0.191 e. The average molecular weight is 308 g/mol. The van der Waals surface area contributed by atoms with Crippen molar-refractivity contribution in [2.45, 2.75) is 38.5 Å².